The van der Waals surface area contributed by atoms with E-state index in [0.29, 0.717) is 17.9 Å². The van der Waals surface area contributed by atoms with E-state index in [9.17, 15) is 9.90 Å². The molecule has 0 fully saturated rings. The molecule has 1 heterocycles. The quantitative estimate of drug-likeness (QED) is 0.661. The van der Waals surface area contributed by atoms with Gasteiger partial charge in [-0.3, -0.25) is 4.79 Å². The number of aromatic hydroxyl groups is 1. The van der Waals surface area contributed by atoms with Gasteiger partial charge in [0.25, 0.3) is 0 Å². The largest absolute Gasteiger partial charge is 0.506 e. The van der Waals surface area contributed by atoms with Crippen molar-refractivity contribution in [3.63, 3.8) is 0 Å². The summed E-state index contributed by atoms with van der Waals surface area (Å²) < 4.78 is 5.68. The fourth-order valence-electron chi connectivity index (χ4n) is 1.86. The lowest BCUT2D eigenvalue weighted by Gasteiger charge is -2.09. The number of unbranched alkanes of at least 4 members (excludes halogenated alkanes) is 1. The average Bonchev–Trinajstić information content (AvgIpc) is 2.38. The van der Waals surface area contributed by atoms with Crippen molar-refractivity contribution < 1.29 is 14.6 Å². The van der Waals surface area contributed by atoms with Crippen molar-refractivity contribution in [2.45, 2.75) is 26.7 Å². The number of rotatable bonds is 5. The van der Waals surface area contributed by atoms with Crippen molar-refractivity contribution in [2.75, 3.05) is 6.61 Å². The molecule has 19 heavy (non-hydrogen) atoms. The van der Waals surface area contributed by atoms with Crippen molar-refractivity contribution in [2.24, 2.45) is 0 Å². The summed E-state index contributed by atoms with van der Waals surface area (Å²) in [6.07, 6.45) is 2.02. The van der Waals surface area contributed by atoms with Gasteiger partial charge in [0.15, 0.2) is 5.78 Å². The van der Waals surface area contributed by atoms with Crippen molar-refractivity contribution in [1.82, 2.24) is 4.98 Å². The number of pyridine rings is 1. The molecular formula is C15H17NO3. The third kappa shape index (κ3) is 2.84. The number of hydrogen-bond donors (Lipinski definition) is 1. The molecule has 0 bridgehead atoms. The molecule has 0 spiro atoms. The zero-order valence-corrected chi connectivity index (χ0v) is 11.1. The van der Waals surface area contributed by atoms with Crippen LogP contribution >= 0.6 is 0 Å². The number of para-hydroxylation sites is 1. The number of ketones is 1. The van der Waals surface area contributed by atoms with Gasteiger partial charge in [-0.25, -0.2) is 4.98 Å². The van der Waals surface area contributed by atoms with Gasteiger partial charge in [-0.05, 0) is 18.6 Å². The molecule has 1 aromatic carbocycles. The van der Waals surface area contributed by atoms with Gasteiger partial charge in [-0.2, -0.15) is 0 Å². The predicted molar refractivity (Wildman–Crippen MR) is 73.8 cm³/mol. The highest BCUT2D eigenvalue weighted by molar-refractivity contribution is 5.98. The monoisotopic (exact) mass is 259 g/mol. The SMILES string of the molecule is CCCCOc1cccc2cc(O)c(C(C)=O)nc12. The molecule has 2 rings (SSSR count). The number of nitrogens with zero attached hydrogens (tertiary/aromatic N) is 1. The Labute approximate surface area is 112 Å². The highest BCUT2D eigenvalue weighted by Gasteiger charge is 2.12. The Morgan fingerprint density at radius 2 is 2.21 bits per heavy atom. The number of hydrogen-bond acceptors (Lipinski definition) is 4. The van der Waals surface area contributed by atoms with Crippen molar-refractivity contribution in [1.29, 1.82) is 0 Å². The second-order valence-corrected chi connectivity index (χ2v) is 4.44. The average molecular weight is 259 g/mol. The first kappa shape index (κ1) is 13.3. The molecular weight excluding hydrogens is 242 g/mol. The standard InChI is InChI=1S/C15H17NO3/c1-3-4-8-19-13-7-5-6-11-9-12(18)14(10(2)17)16-15(11)13/h5-7,9,18H,3-4,8H2,1-2H3. The lowest BCUT2D eigenvalue weighted by molar-refractivity contribution is 0.101. The first-order valence-electron chi connectivity index (χ1n) is 6.40. The van der Waals surface area contributed by atoms with Crippen molar-refractivity contribution in [3.8, 4) is 11.5 Å². The second kappa shape index (κ2) is 5.69. The van der Waals surface area contributed by atoms with Gasteiger partial charge in [-0.1, -0.05) is 25.5 Å². The minimum atomic E-state index is -0.261. The van der Waals surface area contributed by atoms with Gasteiger partial charge in [0.05, 0.1) is 6.61 Å². The van der Waals surface area contributed by atoms with E-state index in [2.05, 4.69) is 11.9 Å². The summed E-state index contributed by atoms with van der Waals surface area (Å²) >= 11 is 0. The van der Waals surface area contributed by atoms with E-state index < -0.39 is 0 Å². The molecule has 0 atom stereocenters. The molecule has 0 saturated carbocycles. The number of benzene rings is 1. The lowest BCUT2D eigenvalue weighted by atomic mass is 10.1. The Bertz CT molecular complexity index is 608. The Hall–Kier alpha value is -2.10. The summed E-state index contributed by atoms with van der Waals surface area (Å²) in [6.45, 7) is 4.10. The molecule has 0 unspecified atom stereocenters. The van der Waals surface area contributed by atoms with Gasteiger partial charge in [0, 0.05) is 12.3 Å². The van der Waals surface area contributed by atoms with E-state index in [0.717, 1.165) is 18.2 Å². The maximum absolute atomic E-state index is 11.4. The first-order chi connectivity index (χ1) is 9.13. The Kier molecular flexibility index (Phi) is 4.00. The zero-order chi connectivity index (χ0) is 13.8. The summed E-state index contributed by atoms with van der Waals surface area (Å²) in [5.74, 6) is 0.293. The topological polar surface area (TPSA) is 59.4 Å². The maximum atomic E-state index is 11.4. The highest BCUT2D eigenvalue weighted by atomic mass is 16.5. The molecule has 0 radical (unpaired) electrons. The van der Waals surface area contributed by atoms with Crippen LogP contribution in [0.3, 0.4) is 0 Å². The van der Waals surface area contributed by atoms with Crippen LogP contribution in [0.1, 0.15) is 37.2 Å². The predicted octanol–water partition coefficient (Wildman–Crippen LogP) is 3.32. The summed E-state index contributed by atoms with van der Waals surface area (Å²) in [6, 6.07) is 7.05. The van der Waals surface area contributed by atoms with Crippen LogP contribution in [0.2, 0.25) is 0 Å². The van der Waals surface area contributed by atoms with Crippen LogP contribution in [0, 0.1) is 0 Å². The van der Waals surface area contributed by atoms with E-state index in [1.807, 2.05) is 18.2 Å². The summed E-state index contributed by atoms with van der Waals surface area (Å²) in [7, 11) is 0. The van der Waals surface area contributed by atoms with E-state index in [-0.39, 0.29) is 17.2 Å². The van der Waals surface area contributed by atoms with Crippen molar-refractivity contribution in [3.05, 3.63) is 30.0 Å². The van der Waals surface area contributed by atoms with Crippen LogP contribution in [-0.2, 0) is 0 Å². The molecule has 1 N–H and O–H groups in total. The molecule has 0 amide bonds. The minimum Gasteiger partial charge on any atom is -0.506 e. The summed E-state index contributed by atoms with van der Waals surface area (Å²) in [5, 5.41) is 10.5. The van der Waals surface area contributed by atoms with Gasteiger partial charge < -0.3 is 9.84 Å². The Morgan fingerprint density at radius 1 is 1.42 bits per heavy atom. The molecule has 4 heteroatoms. The van der Waals surface area contributed by atoms with Gasteiger partial charge in [0.1, 0.15) is 22.7 Å². The van der Waals surface area contributed by atoms with Crippen molar-refractivity contribution >= 4 is 16.7 Å². The summed E-state index contributed by atoms with van der Waals surface area (Å²) in [4.78, 5) is 15.6. The number of Topliss-reactive ketones (excluding diaryl/α,β-unsaturated/α-hetero) is 1. The number of fused-ring (bicyclic) bond motifs is 1. The number of ether oxygens (including phenoxy) is 1. The molecule has 0 aliphatic carbocycles. The minimum absolute atomic E-state index is 0.0824. The van der Waals surface area contributed by atoms with E-state index in [4.69, 9.17) is 4.74 Å². The van der Waals surface area contributed by atoms with Gasteiger partial charge in [-0.15, -0.1) is 0 Å². The van der Waals surface area contributed by atoms with E-state index in [1.165, 1.54) is 6.92 Å². The smallest absolute Gasteiger partial charge is 0.181 e. The highest BCUT2D eigenvalue weighted by Crippen LogP contribution is 2.28. The Morgan fingerprint density at radius 3 is 2.89 bits per heavy atom. The molecule has 2 aromatic rings. The van der Waals surface area contributed by atoms with Crippen LogP contribution < -0.4 is 4.74 Å². The van der Waals surface area contributed by atoms with Gasteiger partial charge >= 0.3 is 0 Å². The van der Waals surface area contributed by atoms with Crippen LogP contribution in [-0.4, -0.2) is 22.5 Å². The molecule has 0 saturated heterocycles. The third-order valence-corrected chi connectivity index (χ3v) is 2.88. The van der Waals surface area contributed by atoms with Crippen LogP contribution in [0.25, 0.3) is 10.9 Å². The molecule has 0 aliphatic rings. The number of carbonyl (C=O) groups excluding carboxylic acids is 1. The fraction of sp³-hybridized carbons (Fsp3) is 0.333. The molecule has 0 aliphatic heterocycles. The first-order valence-corrected chi connectivity index (χ1v) is 6.40. The molecule has 4 nitrogen and oxygen atoms in total. The zero-order valence-electron chi connectivity index (χ0n) is 11.1. The second-order valence-electron chi connectivity index (χ2n) is 4.44. The van der Waals surface area contributed by atoms with Crippen LogP contribution in [0.4, 0.5) is 0 Å². The van der Waals surface area contributed by atoms with Gasteiger partial charge in [0.2, 0.25) is 0 Å². The van der Waals surface area contributed by atoms with E-state index >= 15 is 0 Å². The lowest BCUT2D eigenvalue weighted by Crippen LogP contribution is -2.01. The third-order valence-electron chi connectivity index (χ3n) is 2.88. The fourth-order valence-corrected chi connectivity index (χ4v) is 1.86. The summed E-state index contributed by atoms with van der Waals surface area (Å²) in [5.41, 5.74) is 0.695. The molecule has 100 valence electrons. The Balaban J connectivity index is 2.47. The van der Waals surface area contributed by atoms with Crippen LogP contribution in [0.5, 0.6) is 11.5 Å². The number of carbonyl (C=O) groups is 1. The maximum Gasteiger partial charge on any atom is 0.181 e. The normalized spacial score (nSPS) is 10.6. The molecule has 1 aromatic heterocycles. The number of aromatic nitrogens is 1. The van der Waals surface area contributed by atoms with Crippen LogP contribution in [0.15, 0.2) is 24.3 Å². The van der Waals surface area contributed by atoms with E-state index in [1.54, 1.807) is 6.07 Å².